The molecule has 0 aliphatic heterocycles. The van der Waals surface area contributed by atoms with Crippen LogP contribution in [-0.4, -0.2) is 29.0 Å². The predicted octanol–water partition coefficient (Wildman–Crippen LogP) is 0.228. The second-order valence-corrected chi connectivity index (χ2v) is 1.79. The van der Waals surface area contributed by atoms with Crippen LogP contribution in [-0.2, 0) is 4.79 Å². The van der Waals surface area contributed by atoms with E-state index in [1.165, 1.54) is 0 Å². The Morgan fingerprint density at radius 1 is 1.55 bits per heavy atom. The number of nitrogens with one attached hydrogen (secondary N) is 1. The maximum Gasteiger partial charge on any atom is 0.403 e. The molecule has 0 aliphatic carbocycles. The van der Waals surface area contributed by atoms with Gasteiger partial charge in [0.05, 0.1) is 0 Å². The molecule has 0 aromatic carbocycles. The first kappa shape index (κ1) is 10.2. The quantitative estimate of drug-likeness (QED) is 0.534. The van der Waals surface area contributed by atoms with Crippen molar-refractivity contribution in [3.8, 4) is 0 Å². The van der Waals surface area contributed by atoms with Crippen molar-refractivity contribution < 1.29 is 28.3 Å². The van der Waals surface area contributed by atoms with Gasteiger partial charge in [0.2, 0.25) is 0 Å². The Labute approximate surface area is 59.6 Å². The van der Waals surface area contributed by atoms with Crippen molar-refractivity contribution in [2.75, 3.05) is 6.54 Å². The summed E-state index contributed by atoms with van der Waals surface area (Å²) >= 11 is 0. The van der Waals surface area contributed by atoms with Gasteiger partial charge in [-0.1, -0.05) is 0 Å². The highest BCUT2D eigenvalue weighted by Gasteiger charge is 2.44. The molecule has 4 nitrogen and oxygen atoms in total. The van der Waals surface area contributed by atoms with Crippen molar-refractivity contribution in [3.05, 3.63) is 0 Å². The van der Waals surface area contributed by atoms with Crippen LogP contribution in [0.25, 0.3) is 0 Å². The van der Waals surface area contributed by atoms with Crippen LogP contribution in [0.3, 0.4) is 0 Å². The molecule has 0 fully saturated rings. The van der Waals surface area contributed by atoms with Crippen LogP contribution in [0.1, 0.15) is 0 Å². The molecule has 11 heavy (non-hydrogen) atoms. The molecule has 0 saturated carbocycles. The fourth-order valence-corrected chi connectivity index (χ4v) is 0.434. The van der Waals surface area contributed by atoms with E-state index in [4.69, 9.17) is 10.3 Å². The number of hydrogen-bond donors (Lipinski definition) is 3. The van der Waals surface area contributed by atoms with Crippen LogP contribution in [0.4, 0.5) is 13.2 Å². The van der Waals surface area contributed by atoms with Crippen molar-refractivity contribution in [1.29, 1.82) is 0 Å². The summed E-state index contributed by atoms with van der Waals surface area (Å²) in [6.45, 7) is -1.04. The van der Waals surface area contributed by atoms with E-state index in [9.17, 15) is 18.0 Å². The van der Waals surface area contributed by atoms with Crippen molar-refractivity contribution in [2.24, 2.45) is 5.92 Å². The minimum absolute atomic E-state index is 1.04. The van der Waals surface area contributed by atoms with E-state index in [2.05, 4.69) is 0 Å². The third kappa shape index (κ3) is 3.19. The zero-order chi connectivity index (χ0) is 9.07. The van der Waals surface area contributed by atoms with E-state index in [0.29, 0.717) is 0 Å². The number of alkyl halides is 3. The van der Waals surface area contributed by atoms with Gasteiger partial charge in [0.15, 0.2) is 5.92 Å². The molecule has 0 heterocycles. The van der Waals surface area contributed by atoms with E-state index >= 15 is 0 Å². The topological polar surface area (TPSA) is 69.6 Å². The Bertz CT molecular complexity index is 146. The molecule has 1 unspecified atom stereocenters. The van der Waals surface area contributed by atoms with E-state index in [-0.39, 0.29) is 0 Å². The van der Waals surface area contributed by atoms with Gasteiger partial charge in [0, 0.05) is 6.54 Å². The van der Waals surface area contributed by atoms with Crippen LogP contribution < -0.4 is 5.48 Å². The molecule has 0 aromatic heterocycles. The molecule has 66 valence electrons. The number of carboxylic acids is 1. The monoisotopic (exact) mass is 173 g/mol. The van der Waals surface area contributed by atoms with Crippen LogP contribution in [0.15, 0.2) is 0 Å². The van der Waals surface area contributed by atoms with Crippen molar-refractivity contribution in [2.45, 2.75) is 6.18 Å². The lowest BCUT2D eigenvalue weighted by molar-refractivity contribution is -0.195. The van der Waals surface area contributed by atoms with Crippen molar-refractivity contribution in [1.82, 2.24) is 5.48 Å². The van der Waals surface area contributed by atoms with Gasteiger partial charge in [-0.3, -0.25) is 4.79 Å². The van der Waals surface area contributed by atoms with Gasteiger partial charge in [0.25, 0.3) is 0 Å². The molecule has 0 amide bonds. The summed E-state index contributed by atoms with van der Waals surface area (Å²) in [6.07, 6.45) is -4.83. The first-order chi connectivity index (χ1) is 4.89. The molecule has 0 rings (SSSR count). The summed E-state index contributed by atoms with van der Waals surface area (Å²) < 4.78 is 34.9. The molecule has 7 heteroatoms. The Kier molecular flexibility index (Phi) is 3.27. The molecule has 0 spiro atoms. The van der Waals surface area contributed by atoms with Gasteiger partial charge in [-0.2, -0.15) is 13.2 Å². The molecule has 3 N–H and O–H groups in total. The highest BCUT2D eigenvalue weighted by Crippen LogP contribution is 2.25. The van der Waals surface area contributed by atoms with Crippen LogP contribution in [0.2, 0.25) is 0 Å². The van der Waals surface area contributed by atoms with Crippen molar-refractivity contribution in [3.63, 3.8) is 0 Å². The number of carboxylic acid groups (broad SMARTS) is 1. The first-order valence-corrected chi connectivity index (χ1v) is 2.56. The summed E-state index contributed by atoms with van der Waals surface area (Å²) in [5, 5.41) is 15.8. The molecule has 0 saturated heterocycles. The smallest absolute Gasteiger partial charge is 0.403 e. The number of hydroxylamine groups is 1. The minimum Gasteiger partial charge on any atom is -0.481 e. The summed E-state index contributed by atoms with van der Waals surface area (Å²) in [7, 11) is 0. The molecule has 0 aromatic rings. The lowest BCUT2D eigenvalue weighted by Crippen LogP contribution is -2.38. The zero-order valence-corrected chi connectivity index (χ0v) is 5.22. The first-order valence-electron chi connectivity index (χ1n) is 2.56. The highest BCUT2D eigenvalue weighted by atomic mass is 19.4. The maximum absolute atomic E-state index is 11.6. The van der Waals surface area contributed by atoms with Crippen LogP contribution >= 0.6 is 0 Å². The average molecular weight is 173 g/mol. The Morgan fingerprint density at radius 2 is 2.00 bits per heavy atom. The molecular weight excluding hydrogens is 167 g/mol. The highest BCUT2D eigenvalue weighted by molar-refractivity contribution is 5.71. The summed E-state index contributed by atoms with van der Waals surface area (Å²) in [4.78, 5) is 9.86. The normalized spacial score (nSPS) is 14.5. The fourth-order valence-electron chi connectivity index (χ4n) is 0.434. The minimum atomic E-state index is -4.83. The van der Waals surface area contributed by atoms with Gasteiger partial charge >= 0.3 is 12.1 Å². The SMILES string of the molecule is O=C(O)C(CNO)C(F)(F)F. The molecule has 1 atom stereocenters. The van der Waals surface area contributed by atoms with Gasteiger partial charge in [0.1, 0.15) is 0 Å². The lowest BCUT2D eigenvalue weighted by Gasteiger charge is -2.14. The molecule has 0 radical (unpaired) electrons. The number of rotatable bonds is 3. The van der Waals surface area contributed by atoms with E-state index in [1.807, 2.05) is 0 Å². The molecule has 0 aliphatic rings. The van der Waals surface area contributed by atoms with Gasteiger partial charge in [-0.05, 0) is 0 Å². The number of halogens is 3. The van der Waals surface area contributed by atoms with E-state index in [1.54, 1.807) is 0 Å². The number of carbonyl (C=O) groups is 1. The number of hydrogen-bond acceptors (Lipinski definition) is 3. The zero-order valence-electron chi connectivity index (χ0n) is 5.22. The fraction of sp³-hybridized carbons (Fsp3) is 0.750. The Morgan fingerprint density at radius 3 is 2.09 bits per heavy atom. The molecule has 0 bridgehead atoms. The van der Waals surface area contributed by atoms with Crippen LogP contribution in [0.5, 0.6) is 0 Å². The van der Waals surface area contributed by atoms with Crippen LogP contribution in [0, 0.1) is 5.92 Å². The third-order valence-corrected chi connectivity index (χ3v) is 0.989. The summed E-state index contributed by atoms with van der Waals surface area (Å²) in [5.41, 5.74) is 1.15. The lowest BCUT2D eigenvalue weighted by atomic mass is 10.1. The average Bonchev–Trinajstić information content (AvgIpc) is 1.79. The second kappa shape index (κ2) is 3.54. The maximum atomic E-state index is 11.6. The summed E-state index contributed by atoms with van der Waals surface area (Å²) in [5.74, 6) is -4.58. The predicted molar refractivity (Wildman–Crippen MR) is 27.0 cm³/mol. The van der Waals surface area contributed by atoms with Gasteiger partial charge in [-0.15, -0.1) is 0 Å². The van der Waals surface area contributed by atoms with E-state index < -0.39 is 24.6 Å². The number of aliphatic carboxylic acids is 1. The third-order valence-electron chi connectivity index (χ3n) is 0.989. The largest absolute Gasteiger partial charge is 0.481 e. The second-order valence-electron chi connectivity index (χ2n) is 1.79. The van der Waals surface area contributed by atoms with E-state index in [0.717, 1.165) is 5.48 Å². The van der Waals surface area contributed by atoms with Gasteiger partial charge in [-0.25, -0.2) is 5.48 Å². The molecular formula is C4H6F3NO3. The standard InChI is InChI=1S/C4H6F3NO3/c5-4(6,7)2(1-8-11)3(9)10/h2,8,11H,1H2,(H,9,10). The van der Waals surface area contributed by atoms with Gasteiger partial charge < -0.3 is 10.3 Å². The summed E-state index contributed by atoms with van der Waals surface area (Å²) in [6, 6.07) is 0. The Hall–Kier alpha value is -0.820. The Balaban J connectivity index is 4.22. The van der Waals surface area contributed by atoms with Crippen molar-refractivity contribution >= 4 is 5.97 Å².